The van der Waals surface area contributed by atoms with E-state index in [0.717, 1.165) is 17.3 Å². The van der Waals surface area contributed by atoms with E-state index in [2.05, 4.69) is 40.5 Å². The van der Waals surface area contributed by atoms with Crippen molar-refractivity contribution in [3.05, 3.63) is 41.7 Å². The third kappa shape index (κ3) is 3.69. The van der Waals surface area contributed by atoms with E-state index in [1.54, 1.807) is 12.1 Å². The molecule has 0 saturated carbocycles. The van der Waals surface area contributed by atoms with Crippen LogP contribution in [0.15, 0.2) is 30.3 Å². The van der Waals surface area contributed by atoms with Crippen molar-refractivity contribution in [2.24, 2.45) is 0 Å². The van der Waals surface area contributed by atoms with Crippen LogP contribution in [0.3, 0.4) is 0 Å². The van der Waals surface area contributed by atoms with E-state index in [0.29, 0.717) is 17.4 Å². The molecule has 0 spiro atoms. The first-order valence-electron chi connectivity index (χ1n) is 6.46. The number of nitrogens with one attached hydrogen (secondary N) is 2. The predicted molar refractivity (Wildman–Crippen MR) is 80.0 cm³/mol. The minimum absolute atomic E-state index is 0.312. The highest BCUT2D eigenvalue weighted by Gasteiger charge is 2.03. The lowest BCUT2D eigenvalue weighted by Crippen LogP contribution is -2.12. The Morgan fingerprint density at radius 1 is 1.10 bits per heavy atom. The number of hydrogen-bond acceptors (Lipinski definition) is 5. The molecule has 0 amide bonds. The molecule has 0 bridgehead atoms. The molecule has 0 aliphatic rings. The number of rotatable bonds is 4. The summed E-state index contributed by atoms with van der Waals surface area (Å²) in [7, 11) is 0. The second-order valence-electron chi connectivity index (χ2n) is 4.80. The van der Waals surface area contributed by atoms with Crippen LogP contribution in [0.1, 0.15) is 25.2 Å². The molecule has 0 aliphatic carbocycles. The highest BCUT2D eigenvalue weighted by Crippen LogP contribution is 2.18. The minimum Gasteiger partial charge on any atom is -0.368 e. The summed E-state index contributed by atoms with van der Waals surface area (Å²) in [5.41, 5.74) is 1.52. The number of hydrogen-bond donors (Lipinski definition) is 2. The first kappa shape index (κ1) is 13.8. The smallest absolute Gasteiger partial charge is 0.136 e. The maximum absolute atomic E-state index is 8.78. The van der Waals surface area contributed by atoms with Gasteiger partial charge in [0.05, 0.1) is 11.6 Å². The fourth-order valence-electron chi connectivity index (χ4n) is 1.78. The van der Waals surface area contributed by atoms with Gasteiger partial charge in [-0.15, -0.1) is 0 Å². The zero-order chi connectivity index (χ0) is 14.5. The Hall–Kier alpha value is -2.61. The molecule has 1 aromatic heterocycles. The van der Waals surface area contributed by atoms with Crippen LogP contribution < -0.4 is 10.6 Å². The van der Waals surface area contributed by atoms with Crippen molar-refractivity contribution >= 4 is 17.3 Å². The van der Waals surface area contributed by atoms with Crippen molar-refractivity contribution < 1.29 is 0 Å². The van der Waals surface area contributed by atoms with E-state index in [-0.39, 0.29) is 0 Å². The number of aryl methyl sites for hydroxylation is 1. The standard InChI is InChI=1S/C15H17N5/c1-10(2)17-14-8-15(19-11(3)18-14)20-13-6-4-12(9-16)5-7-13/h4-8,10H,1-3H3,(H2,17,18,19,20). The van der Waals surface area contributed by atoms with Gasteiger partial charge in [0.25, 0.3) is 0 Å². The summed E-state index contributed by atoms with van der Waals surface area (Å²) < 4.78 is 0. The molecule has 5 heteroatoms. The Kier molecular flexibility index (Phi) is 4.16. The SMILES string of the molecule is Cc1nc(Nc2ccc(C#N)cc2)cc(NC(C)C)n1. The first-order chi connectivity index (χ1) is 9.56. The van der Waals surface area contributed by atoms with Crippen molar-refractivity contribution in [3.63, 3.8) is 0 Å². The predicted octanol–water partition coefficient (Wildman–Crippen LogP) is 3.22. The van der Waals surface area contributed by atoms with Gasteiger partial charge in [-0.3, -0.25) is 0 Å². The van der Waals surface area contributed by atoms with Crippen LogP contribution in [0, 0.1) is 18.3 Å². The Bertz CT molecular complexity index is 626. The van der Waals surface area contributed by atoms with Gasteiger partial charge < -0.3 is 10.6 Å². The van der Waals surface area contributed by atoms with Crippen molar-refractivity contribution in [3.8, 4) is 6.07 Å². The molecule has 5 nitrogen and oxygen atoms in total. The zero-order valence-corrected chi connectivity index (χ0v) is 11.8. The van der Waals surface area contributed by atoms with Gasteiger partial charge in [0.2, 0.25) is 0 Å². The molecule has 0 saturated heterocycles. The van der Waals surface area contributed by atoms with Gasteiger partial charge in [0, 0.05) is 17.8 Å². The van der Waals surface area contributed by atoms with Crippen LogP contribution in [-0.2, 0) is 0 Å². The van der Waals surface area contributed by atoms with Crippen LogP contribution >= 0.6 is 0 Å². The Balaban J connectivity index is 2.19. The Morgan fingerprint density at radius 2 is 1.75 bits per heavy atom. The Labute approximate surface area is 118 Å². The molecule has 0 unspecified atom stereocenters. The zero-order valence-electron chi connectivity index (χ0n) is 11.8. The van der Waals surface area contributed by atoms with Crippen LogP contribution in [0.2, 0.25) is 0 Å². The van der Waals surface area contributed by atoms with Gasteiger partial charge in [-0.25, -0.2) is 9.97 Å². The third-order valence-corrected chi connectivity index (χ3v) is 2.56. The maximum atomic E-state index is 8.78. The van der Waals surface area contributed by atoms with E-state index in [9.17, 15) is 0 Å². The first-order valence-corrected chi connectivity index (χ1v) is 6.46. The third-order valence-electron chi connectivity index (χ3n) is 2.56. The fourth-order valence-corrected chi connectivity index (χ4v) is 1.78. The van der Waals surface area contributed by atoms with Gasteiger partial charge >= 0.3 is 0 Å². The summed E-state index contributed by atoms with van der Waals surface area (Å²) in [6.07, 6.45) is 0. The van der Waals surface area contributed by atoms with E-state index in [1.165, 1.54) is 0 Å². The highest BCUT2D eigenvalue weighted by atomic mass is 15.1. The largest absolute Gasteiger partial charge is 0.368 e. The number of aromatic nitrogens is 2. The second kappa shape index (κ2) is 6.02. The topological polar surface area (TPSA) is 73.6 Å². The minimum atomic E-state index is 0.312. The maximum Gasteiger partial charge on any atom is 0.136 e. The van der Waals surface area contributed by atoms with Gasteiger partial charge in [0.15, 0.2) is 0 Å². The molecule has 2 N–H and O–H groups in total. The van der Waals surface area contributed by atoms with Crippen molar-refractivity contribution in [2.45, 2.75) is 26.8 Å². The summed E-state index contributed by atoms with van der Waals surface area (Å²) in [6.45, 7) is 5.98. The van der Waals surface area contributed by atoms with Gasteiger partial charge in [-0.05, 0) is 45.0 Å². The average Bonchev–Trinajstić information content (AvgIpc) is 2.38. The van der Waals surface area contributed by atoms with E-state index in [1.807, 2.05) is 25.1 Å². The molecule has 1 aromatic carbocycles. The number of nitrogens with zero attached hydrogens (tertiary/aromatic N) is 3. The van der Waals surface area contributed by atoms with Gasteiger partial charge in [-0.1, -0.05) is 0 Å². The number of benzene rings is 1. The molecular formula is C15H17N5. The van der Waals surface area contributed by atoms with E-state index in [4.69, 9.17) is 5.26 Å². The van der Waals surface area contributed by atoms with Gasteiger partial charge in [0.1, 0.15) is 17.5 Å². The molecule has 20 heavy (non-hydrogen) atoms. The van der Waals surface area contributed by atoms with Crippen molar-refractivity contribution in [2.75, 3.05) is 10.6 Å². The average molecular weight is 267 g/mol. The van der Waals surface area contributed by atoms with Crippen molar-refractivity contribution in [1.82, 2.24) is 9.97 Å². The molecule has 2 aromatic rings. The van der Waals surface area contributed by atoms with Crippen LogP contribution in [0.5, 0.6) is 0 Å². The fraction of sp³-hybridized carbons (Fsp3) is 0.267. The molecule has 0 atom stereocenters. The molecule has 2 rings (SSSR count). The number of anilines is 3. The number of nitriles is 1. The lowest BCUT2D eigenvalue weighted by atomic mass is 10.2. The Morgan fingerprint density at radius 3 is 2.35 bits per heavy atom. The van der Waals surface area contributed by atoms with Crippen LogP contribution in [0.4, 0.5) is 17.3 Å². The molecule has 0 radical (unpaired) electrons. The second-order valence-corrected chi connectivity index (χ2v) is 4.80. The van der Waals surface area contributed by atoms with E-state index < -0.39 is 0 Å². The lowest BCUT2D eigenvalue weighted by Gasteiger charge is -2.12. The molecule has 102 valence electrons. The van der Waals surface area contributed by atoms with Crippen molar-refractivity contribution in [1.29, 1.82) is 5.26 Å². The van der Waals surface area contributed by atoms with Gasteiger partial charge in [-0.2, -0.15) is 5.26 Å². The molecule has 0 aliphatic heterocycles. The quantitative estimate of drug-likeness (QED) is 0.889. The lowest BCUT2D eigenvalue weighted by molar-refractivity contribution is 0.881. The summed E-state index contributed by atoms with van der Waals surface area (Å²) in [4.78, 5) is 8.69. The summed E-state index contributed by atoms with van der Waals surface area (Å²) in [5, 5.41) is 15.2. The molecule has 0 fully saturated rings. The highest BCUT2D eigenvalue weighted by molar-refractivity contribution is 5.60. The summed E-state index contributed by atoms with van der Waals surface area (Å²) in [6, 6.07) is 11.5. The van der Waals surface area contributed by atoms with Crippen LogP contribution in [0.25, 0.3) is 0 Å². The van der Waals surface area contributed by atoms with Crippen LogP contribution in [-0.4, -0.2) is 16.0 Å². The van der Waals surface area contributed by atoms with E-state index >= 15 is 0 Å². The summed E-state index contributed by atoms with van der Waals surface area (Å²) in [5.74, 6) is 2.22. The monoisotopic (exact) mass is 267 g/mol. The molecular weight excluding hydrogens is 250 g/mol. The normalized spacial score (nSPS) is 10.2. The summed E-state index contributed by atoms with van der Waals surface area (Å²) >= 11 is 0. The molecule has 1 heterocycles.